The Kier molecular flexibility index (Phi) is 4.39. The van der Waals surface area contributed by atoms with E-state index in [4.69, 9.17) is 0 Å². The molecule has 0 aromatic carbocycles. The molecule has 0 amide bonds. The minimum Gasteiger partial charge on any atom is -0.379 e. The number of hydrogen-bond donors (Lipinski definition) is 1. The van der Waals surface area contributed by atoms with Gasteiger partial charge in [-0.1, -0.05) is 32.1 Å². The molecule has 2 rings (SSSR count). The van der Waals surface area contributed by atoms with Gasteiger partial charge in [-0.2, -0.15) is 0 Å². The van der Waals surface area contributed by atoms with Gasteiger partial charge in [-0.25, -0.2) is 0 Å². The maximum Gasteiger partial charge on any atom is 0.113 e. The number of thioether (sulfide) groups is 1. The first kappa shape index (κ1) is 11.8. The molecule has 2 aliphatic rings. The van der Waals surface area contributed by atoms with Gasteiger partial charge in [0, 0.05) is 0 Å². The summed E-state index contributed by atoms with van der Waals surface area (Å²) in [5.74, 6) is 1.76. The van der Waals surface area contributed by atoms with Crippen LogP contribution in [-0.4, -0.2) is 15.8 Å². The lowest BCUT2D eigenvalue weighted by Gasteiger charge is -2.34. The molecule has 0 aromatic rings. The number of aliphatic hydroxyl groups is 1. The van der Waals surface area contributed by atoms with E-state index in [1.165, 1.54) is 63.5 Å². The Labute approximate surface area is 98.0 Å². The molecule has 0 spiro atoms. The van der Waals surface area contributed by atoms with Crippen LogP contribution >= 0.6 is 11.8 Å². The maximum absolute atomic E-state index is 10.8. The van der Waals surface area contributed by atoms with Crippen LogP contribution in [0.3, 0.4) is 0 Å². The highest BCUT2D eigenvalue weighted by Crippen LogP contribution is 2.44. The first-order valence-electron chi connectivity index (χ1n) is 6.68. The molecular weight excluding hydrogens is 204 g/mol. The van der Waals surface area contributed by atoms with Crippen LogP contribution in [0.1, 0.15) is 64.2 Å². The lowest BCUT2D eigenvalue weighted by Crippen LogP contribution is -2.34. The molecular formula is C13H24OS. The van der Waals surface area contributed by atoms with E-state index >= 15 is 0 Å². The molecule has 15 heavy (non-hydrogen) atoms. The lowest BCUT2D eigenvalue weighted by atomic mass is 9.90. The van der Waals surface area contributed by atoms with Crippen molar-refractivity contribution in [3.05, 3.63) is 0 Å². The Morgan fingerprint density at radius 3 is 2.27 bits per heavy atom. The highest BCUT2D eigenvalue weighted by atomic mass is 32.2. The van der Waals surface area contributed by atoms with Crippen LogP contribution < -0.4 is 0 Å². The van der Waals surface area contributed by atoms with Crippen molar-refractivity contribution >= 4 is 11.8 Å². The quantitative estimate of drug-likeness (QED) is 0.686. The average Bonchev–Trinajstić information content (AvgIpc) is 2.60. The van der Waals surface area contributed by atoms with Crippen molar-refractivity contribution in [2.24, 2.45) is 5.92 Å². The Bertz CT molecular complexity index is 177. The molecule has 1 unspecified atom stereocenters. The van der Waals surface area contributed by atoms with Gasteiger partial charge in [0.25, 0.3) is 0 Å². The first-order valence-corrected chi connectivity index (χ1v) is 7.66. The molecule has 0 bridgehead atoms. The molecule has 2 fully saturated rings. The monoisotopic (exact) mass is 228 g/mol. The van der Waals surface area contributed by atoms with E-state index in [0.717, 1.165) is 6.42 Å². The summed E-state index contributed by atoms with van der Waals surface area (Å²) >= 11 is 1.86. The van der Waals surface area contributed by atoms with E-state index in [1.54, 1.807) is 0 Å². The standard InChI is InChI=1S/C13H24OS/c14-13(10-6-3-7-11-15-13)12-8-4-1-2-5-9-12/h12,14H,1-11H2. The van der Waals surface area contributed by atoms with Crippen LogP contribution in [0, 0.1) is 5.92 Å². The summed E-state index contributed by atoms with van der Waals surface area (Å²) in [5.41, 5.74) is 0. The van der Waals surface area contributed by atoms with Crippen LogP contribution in [0.25, 0.3) is 0 Å². The summed E-state index contributed by atoms with van der Waals surface area (Å²) in [7, 11) is 0. The van der Waals surface area contributed by atoms with Crippen LogP contribution in [0.2, 0.25) is 0 Å². The van der Waals surface area contributed by atoms with Crippen LogP contribution in [0.15, 0.2) is 0 Å². The maximum atomic E-state index is 10.8. The van der Waals surface area contributed by atoms with Gasteiger partial charge >= 0.3 is 0 Å². The Hall–Kier alpha value is 0.310. The summed E-state index contributed by atoms with van der Waals surface area (Å²) in [6, 6.07) is 0. The third kappa shape index (κ3) is 3.13. The zero-order valence-electron chi connectivity index (χ0n) is 9.71. The topological polar surface area (TPSA) is 20.2 Å². The Balaban J connectivity index is 1.97. The summed E-state index contributed by atoms with van der Waals surface area (Å²) in [4.78, 5) is -0.360. The lowest BCUT2D eigenvalue weighted by molar-refractivity contribution is 0.0544. The van der Waals surface area contributed by atoms with Crippen molar-refractivity contribution in [1.82, 2.24) is 0 Å². The second-order valence-corrected chi connectivity index (χ2v) is 6.60. The summed E-state index contributed by atoms with van der Waals surface area (Å²) in [6.07, 6.45) is 12.9. The largest absolute Gasteiger partial charge is 0.379 e. The summed E-state index contributed by atoms with van der Waals surface area (Å²) in [6.45, 7) is 0. The molecule has 1 heterocycles. The fourth-order valence-electron chi connectivity index (χ4n) is 3.03. The molecule has 1 nitrogen and oxygen atoms in total. The number of rotatable bonds is 1. The molecule has 2 heteroatoms. The van der Waals surface area contributed by atoms with Crippen molar-refractivity contribution in [3.63, 3.8) is 0 Å². The minimum atomic E-state index is -0.360. The van der Waals surface area contributed by atoms with Gasteiger partial charge in [-0.3, -0.25) is 0 Å². The van der Waals surface area contributed by atoms with Crippen molar-refractivity contribution in [3.8, 4) is 0 Å². The van der Waals surface area contributed by atoms with E-state index < -0.39 is 0 Å². The van der Waals surface area contributed by atoms with E-state index in [2.05, 4.69) is 0 Å². The molecule has 1 saturated heterocycles. The molecule has 1 N–H and O–H groups in total. The van der Waals surface area contributed by atoms with Crippen molar-refractivity contribution in [2.75, 3.05) is 5.75 Å². The van der Waals surface area contributed by atoms with E-state index in [9.17, 15) is 5.11 Å². The minimum absolute atomic E-state index is 0.360. The zero-order chi connectivity index (χ0) is 10.6. The van der Waals surface area contributed by atoms with Gasteiger partial charge in [0.2, 0.25) is 0 Å². The highest BCUT2D eigenvalue weighted by molar-refractivity contribution is 8.00. The molecule has 1 aliphatic heterocycles. The van der Waals surface area contributed by atoms with Gasteiger partial charge in [-0.15, -0.1) is 11.8 Å². The smallest absolute Gasteiger partial charge is 0.113 e. The predicted octanol–water partition coefficient (Wildman–Crippen LogP) is 3.95. The van der Waals surface area contributed by atoms with Crippen molar-refractivity contribution < 1.29 is 5.11 Å². The second-order valence-electron chi connectivity index (χ2n) is 5.19. The van der Waals surface area contributed by atoms with Gasteiger partial charge in [0.1, 0.15) is 4.93 Å². The molecule has 0 radical (unpaired) electrons. The average molecular weight is 228 g/mol. The van der Waals surface area contributed by atoms with Gasteiger partial charge in [0.15, 0.2) is 0 Å². The normalized spacial score (nSPS) is 35.8. The molecule has 1 aliphatic carbocycles. The van der Waals surface area contributed by atoms with Crippen LogP contribution in [0.5, 0.6) is 0 Å². The van der Waals surface area contributed by atoms with E-state index in [0.29, 0.717) is 5.92 Å². The molecule has 1 atom stereocenters. The van der Waals surface area contributed by atoms with E-state index in [-0.39, 0.29) is 4.93 Å². The van der Waals surface area contributed by atoms with Gasteiger partial charge < -0.3 is 5.11 Å². The SMILES string of the molecule is OC1(C2CCCCCC2)CCCCCS1. The first-order chi connectivity index (χ1) is 7.31. The van der Waals surface area contributed by atoms with Crippen molar-refractivity contribution in [1.29, 1.82) is 0 Å². The zero-order valence-corrected chi connectivity index (χ0v) is 10.5. The highest BCUT2D eigenvalue weighted by Gasteiger charge is 2.37. The Morgan fingerprint density at radius 1 is 0.867 bits per heavy atom. The van der Waals surface area contributed by atoms with Gasteiger partial charge in [-0.05, 0) is 43.8 Å². The van der Waals surface area contributed by atoms with Gasteiger partial charge in [0.05, 0.1) is 0 Å². The second kappa shape index (κ2) is 5.58. The third-order valence-corrected chi connectivity index (χ3v) is 5.55. The van der Waals surface area contributed by atoms with Crippen LogP contribution in [-0.2, 0) is 0 Å². The van der Waals surface area contributed by atoms with Crippen molar-refractivity contribution in [2.45, 2.75) is 69.1 Å². The number of hydrogen-bond acceptors (Lipinski definition) is 2. The Morgan fingerprint density at radius 2 is 1.53 bits per heavy atom. The molecule has 1 saturated carbocycles. The van der Waals surface area contributed by atoms with Crippen LogP contribution in [0.4, 0.5) is 0 Å². The fourth-order valence-corrected chi connectivity index (χ4v) is 4.49. The predicted molar refractivity (Wildman–Crippen MR) is 67.1 cm³/mol. The fraction of sp³-hybridized carbons (Fsp3) is 1.00. The third-order valence-electron chi connectivity index (χ3n) is 4.02. The molecule has 0 aromatic heterocycles. The molecule has 88 valence electrons. The summed E-state index contributed by atoms with van der Waals surface area (Å²) in [5, 5.41) is 10.8. The summed E-state index contributed by atoms with van der Waals surface area (Å²) < 4.78 is 0. The van der Waals surface area contributed by atoms with E-state index in [1.807, 2.05) is 11.8 Å².